The minimum absolute atomic E-state index is 0.554. The number of rotatable bonds is 10. The first-order chi connectivity index (χ1) is 22.5. The summed E-state index contributed by atoms with van der Waals surface area (Å²) in [6, 6.07) is 0. The molecule has 4 aliphatic carbocycles. The summed E-state index contributed by atoms with van der Waals surface area (Å²) < 4.78 is 0. The average Bonchev–Trinajstić information content (AvgIpc) is 3.36. The topological polar surface area (TPSA) is 0 Å². The molecule has 0 radical (unpaired) electrons. The Morgan fingerprint density at radius 1 is 0.872 bits per heavy atom. The van der Waals surface area contributed by atoms with Crippen molar-refractivity contribution in [1.29, 1.82) is 0 Å². The van der Waals surface area contributed by atoms with Crippen molar-refractivity contribution in [2.75, 3.05) is 0 Å². The van der Waals surface area contributed by atoms with Crippen LogP contribution in [0.15, 0.2) is 49.1 Å². The maximum atomic E-state index is 3.74. The predicted octanol–water partition coefficient (Wildman–Crippen LogP) is 16.8. The molecule has 7 atom stereocenters. The Kier molecular flexibility index (Phi) is 26.5. The van der Waals surface area contributed by atoms with Crippen LogP contribution in [0, 0.1) is 45.8 Å². The van der Waals surface area contributed by atoms with Crippen molar-refractivity contribution in [3.63, 3.8) is 0 Å². The number of hydrogen-bond acceptors (Lipinski definition) is 0. The van der Waals surface area contributed by atoms with E-state index in [2.05, 4.69) is 81.2 Å². The van der Waals surface area contributed by atoms with Crippen LogP contribution in [0.5, 0.6) is 0 Å². The van der Waals surface area contributed by atoms with Crippen LogP contribution in [0.1, 0.15) is 206 Å². The van der Waals surface area contributed by atoms with E-state index in [1.807, 2.05) is 53.2 Å². The van der Waals surface area contributed by atoms with Crippen molar-refractivity contribution in [3.05, 3.63) is 49.1 Å². The van der Waals surface area contributed by atoms with Gasteiger partial charge in [-0.2, -0.15) is 0 Å². The van der Waals surface area contributed by atoms with Gasteiger partial charge in [-0.15, -0.1) is 6.58 Å². The van der Waals surface area contributed by atoms with E-state index in [4.69, 9.17) is 0 Å². The van der Waals surface area contributed by atoms with E-state index in [9.17, 15) is 0 Å². The maximum Gasteiger partial charge on any atom is -0.00569 e. The van der Waals surface area contributed by atoms with Gasteiger partial charge in [-0.05, 0) is 123 Å². The first kappa shape index (κ1) is 48.1. The highest BCUT2D eigenvalue weighted by Gasteiger charge is 2.62. The highest BCUT2D eigenvalue weighted by atomic mass is 14.7. The molecule has 0 heteroatoms. The monoisotopic (exact) mass is 655 g/mol. The molecule has 0 saturated heterocycles. The number of allylic oxidation sites excluding steroid dienone is 5. The van der Waals surface area contributed by atoms with Crippen molar-refractivity contribution in [2.24, 2.45) is 45.8 Å². The van der Waals surface area contributed by atoms with Gasteiger partial charge in [-0.1, -0.05) is 172 Å². The summed E-state index contributed by atoms with van der Waals surface area (Å²) >= 11 is 0. The van der Waals surface area contributed by atoms with Crippen LogP contribution in [0.3, 0.4) is 0 Å². The van der Waals surface area contributed by atoms with Crippen molar-refractivity contribution in [1.82, 2.24) is 0 Å². The Hall–Kier alpha value is -1.04. The van der Waals surface area contributed by atoms with Gasteiger partial charge in [0.25, 0.3) is 0 Å². The lowest BCUT2D eigenvalue weighted by molar-refractivity contribution is -0.0524. The molecule has 7 unspecified atom stereocenters. The molecule has 0 bridgehead atoms. The van der Waals surface area contributed by atoms with Gasteiger partial charge in [0, 0.05) is 0 Å². The summed E-state index contributed by atoms with van der Waals surface area (Å²) in [5.74, 6) is 4.71. The molecular weight excluding hydrogens is 565 g/mol. The van der Waals surface area contributed by atoms with Gasteiger partial charge in [0.15, 0.2) is 0 Å². The van der Waals surface area contributed by atoms with E-state index < -0.39 is 0 Å². The molecule has 3 saturated carbocycles. The largest absolute Gasteiger partial charge is 0.103 e. The molecule has 0 amide bonds. The van der Waals surface area contributed by atoms with Crippen molar-refractivity contribution in [2.45, 2.75) is 206 Å². The lowest BCUT2D eigenvalue weighted by Gasteiger charge is -2.59. The molecule has 0 aromatic rings. The van der Waals surface area contributed by atoms with Crippen LogP contribution in [0.25, 0.3) is 0 Å². The Morgan fingerprint density at radius 3 is 2.02 bits per heavy atom. The van der Waals surface area contributed by atoms with Crippen LogP contribution in [0.4, 0.5) is 0 Å². The van der Waals surface area contributed by atoms with Crippen LogP contribution >= 0.6 is 0 Å². The second-order valence-electron chi connectivity index (χ2n) is 15.6. The van der Waals surface area contributed by atoms with Crippen molar-refractivity contribution < 1.29 is 0 Å². The third-order valence-corrected chi connectivity index (χ3v) is 12.3. The van der Waals surface area contributed by atoms with E-state index in [1.54, 1.807) is 6.08 Å². The van der Waals surface area contributed by atoms with Gasteiger partial charge in [0.05, 0.1) is 0 Å². The third kappa shape index (κ3) is 13.3. The first-order valence-corrected chi connectivity index (χ1v) is 21.1. The Morgan fingerprint density at radius 2 is 1.49 bits per heavy atom. The summed E-state index contributed by atoms with van der Waals surface area (Å²) in [6.07, 6.45) is 30.3. The zero-order valence-corrected chi connectivity index (χ0v) is 35.3. The quantitative estimate of drug-likeness (QED) is 0.125. The summed E-state index contributed by atoms with van der Waals surface area (Å²) in [5.41, 5.74) is 4.71. The molecule has 0 spiro atoms. The minimum atomic E-state index is 0.554. The summed E-state index contributed by atoms with van der Waals surface area (Å²) in [5, 5.41) is 0. The lowest BCUT2D eigenvalue weighted by atomic mass is 9.45. The fourth-order valence-electron chi connectivity index (χ4n) is 10.1. The fraction of sp³-hybridized carbons (Fsp3) is 0.830. The summed E-state index contributed by atoms with van der Waals surface area (Å²) in [6.45, 7) is 42.5. The van der Waals surface area contributed by atoms with Crippen LogP contribution in [-0.2, 0) is 0 Å². The van der Waals surface area contributed by atoms with Crippen LogP contribution in [0.2, 0.25) is 0 Å². The van der Waals surface area contributed by atoms with Gasteiger partial charge in [-0.25, -0.2) is 0 Å². The second-order valence-corrected chi connectivity index (χ2v) is 15.6. The van der Waals surface area contributed by atoms with E-state index in [0.717, 1.165) is 48.0 Å². The molecule has 0 aromatic carbocycles. The molecule has 0 N–H and O–H groups in total. The number of hydrogen-bond donors (Lipinski definition) is 0. The smallest absolute Gasteiger partial charge is 0.00569 e. The average molecular weight is 655 g/mol. The van der Waals surface area contributed by atoms with Crippen LogP contribution < -0.4 is 0 Å². The third-order valence-electron chi connectivity index (χ3n) is 12.3. The van der Waals surface area contributed by atoms with Gasteiger partial charge in [0.2, 0.25) is 0 Å². The molecule has 4 aliphatic rings. The van der Waals surface area contributed by atoms with E-state index in [-0.39, 0.29) is 0 Å². The summed E-state index contributed by atoms with van der Waals surface area (Å²) in [4.78, 5) is 0. The van der Waals surface area contributed by atoms with Crippen molar-refractivity contribution >= 4 is 0 Å². The fourth-order valence-corrected chi connectivity index (χ4v) is 10.1. The molecule has 278 valence electrons. The molecule has 0 aromatic heterocycles. The van der Waals surface area contributed by atoms with E-state index in [0.29, 0.717) is 16.2 Å². The normalized spacial score (nSPS) is 31.5. The second kappa shape index (κ2) is 25.9. The van der Waals surface area contributed by atoms with E-state index in [1.165, 1.54) is 96.3 Å². The van der Waals surface area contributed by atoms with Gasteiger partial charge < -0.3 is 0 Å². The molecule has 3 fully saturated rings. The number of fused-ring (bicyclic) bond motifs is 5. The summed E-state index contributed by atoms with van der Waals surface area (Å²) in [7, 11) is 0. The van der Waals surface area contributed by atoms with Gasteiger partial charge >= 0.3 is 0 Å². The van der Waals surface area contributed by atoms with Gasteiger partial charge in [0.1, 0.15) is 0 Å². The minimum Gasteiger partial charge on any atom is -0.103 e. The Labute approximate surface area is 300 Å². The Bertz CT molecular complexity index is 842. The molecule has 4 rings (SSSR count). The zero-order chi connectivity index (χ0) is 36.7. The zero-order valence-electron chi connectivity index (χ0n) is 35.3. The SMILES string of the molecule is C=CCCC(=C)C=C.CC.CC.CC.CCC.CCC12CCC(C)CC1=CCC1(C)C2CCCC2(C)C(CCCCC(C)C)CCC21. The Balaban J connectivity index is 0. The molecule has 0 heterocycles. The molecule has 47 heavy (non-hydrogen) atoms. The maximum absolute atomic E-state index is 3.74. The highest BCUT2D eigenvalue weighted by Crippen LogP contribution is 2.70. The van der Waals surface area contributed by atoms with Crippen LogP contribution in [-0.4, -0.2) is 0 Å². The van der Waals surface area contributed by atoms with E-state index >= 15 is 0 Å². The standard InChI is InChI=1S/C30H52.C8H12.C3H8.3C2H6/c1-7-30-20-16-23(4)21-25(30)17-19-29(6)26-15-14-24(12-9-8-11-22(2)3)28(26,5)18-10-13-27(29)30;1-4-6-7-8(3)5-2;1-3-2;3*1-2/h17,22-24,26-27H,7-16,18-21H2,1-6H3;4-5H,1-3,6-7H2;3H2,1-2H3;3*1-2H3. The highest BCUT2D eigenvalue weighted by molar-refractivity contribution is 5.27. The predicted molar refractivity (Wildman–Crippen MR) is 220 cm³/mol. The molecule has 0 nitrogen and oxygen atoms in total. The lowest BCUT2D eigenvalue weighted by Crippen LogP contribution is -2.51. The molecule has 0 aliphatic heterocycles. The first-order valence-electron chi connectivity index (χ1n) is 21.1. The number of unbranched alkanes of at least 4 members (excludes halogenated alkanes) is 1. The molecular formula is C47H90. The van der Waals surface area contributed by atoms with Crippen molar-refractivity contribution in [3.8, 4) is 0 Å². The van der Waals surface area contributed by atoms with Gasteiger partial charge in [-0.3, -0.25) is 0 Å².